The largest absolute Gasteiger partial charge is 0.351 e. The van der Waals surface area contributed by atoms with Gasteiger partial charge in [0.2, 0.25) is 5.91 Å². The van der Waals surface area contributed by atoms with E-state index in [2.05, 4.69) is 10.3 Å². The Labute approximate surface area is 88.9 Å². The van der Waals surface area contributed by atoms with E-state index in [1.54, 1.807) is 12.4 Å². The molecule has 0 aliphatic heterocycles. The van der Waals surface area contributed by atoms with Gasteiger partial charge in [-0.3, -0.25) is 9.78 Å². The van der Waals surface area contributed by atoms with E-state index in [4.69, 9.17) is 11.5 Å². The van der Waals surface area contributed by atoms with Gasteiger partial charge in [-0.15, -0.1) is 0 Å². The van der Waals surface area contributed by atoms with Crippen molar-refractivity contribution in [2.45, 2.75) is 13.0 Å². The summed E-state index contributed by atoms with van der Waals surface area (Å²) in [5.74, 6) is -0.167. The normalized spacial score (nSPS) is 10.0. The van der Waals surface area contributed by atoms with Gasteiger partial charge in [-0.25, -0.2) is 0 Å². The highest BCUT2D eigenvalue weighted by atomic mass is 16.1. The van der Waals surface area contributed by atoms with E-state index in [1.165, 1.54) is 0 Å². The van der Waals surface area contributed by atoms with Crippen LogP contribution in [0.5, 0.6) is 0 Å². The molecule has 1 aromatic heterocycles. The molecule has 5 heteroatoms. The van der Waals surface area contributed by atoms with E-state index in [-0.39, 0.29) is 12.5 Å². The molecule has 0 radical (unpaired) electrons. The minimum Gasteiger partial charge on any atom is -0.351 e. The zero-order valence-corrected chi connectivity index (χ0v) is 8.57. The number of hydrogen-bond acceptors (Lipinski definition) is 4. The molecule has 0 spiro atoms. The number of nitrogens with one attached hydrogen (secondary N) is 1. The van der Waals surface area contributed by atoms with Gasteiger partial charge >= 0.3 is 0 Å². The third-order valence-corrected chi connectivity index (χ3v) is 1.96. The molecule has 0 atom stereocenters. The standard InChI is InChI=1S/C10H16N4O/c11-2-1-8-3-9(6-13-5-8)7-14-10(15)4-12/h3,5-6H,1-2,4,7,11-12H2,(H,14,15). The maximum atomic E-state index is 10.9. The van der Waals surface area contributed by atoms with Crippen LogP contribution >= 0.6 is 0 Å². The van der Waals surface area contributed by atoms with E-state index in [1.807, 2.05) is 6.07 Å². The van der Waals surface area contributed by atoms with Crippen LogP contribution < -0.4 is 16.8 Å². The van der Waals surface area contributed by atoms with Gasteiger partial charge in [-0.05, 0) is 24.1 Å². The maximum Gasteiger partial charge on any atom is 0.234 e. The number of pyridine rings is 1. The summed E-state index contributed by atoms with van der Waals surface area (Å²) in [6, 6.07) is 1.98. The van der Waals surface area contributed by atoms with Gasteiger partial charge in [0.15, 0.2) is 0 Å². The molecular weight excluding hydrogens is 192 g/mol. The fraction of sp³-hybridized carbons (Fsp3) is 0.400. The van der Waals surface area contributed by atoms with Gasteiger partial charge in [-0.1, -0.05) is 6.07 Å². The number of rotatable bonds is 5. The van der Waals surface area contributed by atoms with Crippen molar-refractivity contribution < 1.29 is 4.79 Å². The van der Waals surface area contributed by atoms with Crippen LogP contribution in [0.3, 0.4) is 0 Å². The Morgan fingerprint density at radius 3 is 2.73 bits per heavy atom. The lowest BCUT2D eigenvalue weighted by atomic mass is 10.1. The van der Waals surface area contributed by atoms with Gasteiger partial charge in [0, 0.05) is 18.9 Å². The smallest absolute Gasteiger partial charge is 0.234 e. The van der Waals surface area contributed by atoms with Crippen LogP contribution in [0.15, 0.2) is 18.5 Å². The zero-order valence-electron chi connectivity index (χ0n) is 8.57. The van der Waals surface area contributed by atoms with Crippen LogP contribution in [-0.2, 0) is 17.8 Å². The van der Waals surface area contributed by atoms with Gasteiger partial charge in [-0.2, -0.15) is 0 Å². The second-order valence-corrected chi connectivity index (χ2v) is 3.22. The Morgan fingerprint density at radius 1 is 1.33 bits per heavy atom. The number of carbonyl (C=O) groups excluding carboxylic acids is 1. The van der Waals surface area contributed by atoms with E-state index >= 15 is 0 Å². The second-order valence-electron chi connectivity index (χ2n) is 3.22. The Balaban J connectivity index is 2.53. The molecular formula is C10H16N4O. The van der Waals surface area contributed by atoms with Crippen LogP contribution in [0.4, 0.5) is 0 Å². The van der Waals surface area contributed by atoms with Crippen molar-refractivity contribution in [3.63, 3.8) is 0 Å². The van der Waals surface area contributed by atoms with Crippen molar-refractivity contribution in [1.82, 2.24) is 10.3 Å². The van der Waals surface area contributed by atoms with Crippen molar-refractivity contribution in [3.8, 4) is 0 Å². The van der Waals surface area contributed by atoms with Crippen LogP contribution in [0.2, 0.25) is 0 Å². The quantitative estimate of drug-likeness (QED) is 0.588. The molecule has 0 unspecified atom stereocenters. The lowest BCUT2D eigenvalue weighted by Gasteiger charge is -2.05. The highest BCUT2D eigenvalue weighted by Crippen LogP contribution is 2.02. The first-order chi connectivity index (χ1) is 7.26. The molecule has 0 aromatic carbocycles. The summed E-state index contributed by atoms with van der Waals surface area (Å²) in [5.41, 5.74) is 12.7. The van der Waals surface area contributed by atoms with Gasteiger partial charge in [0.25, 0.3) is 0 Å². The molecule has 0 saturated heterocycles. The number of hydrogen-bond donors (Lipinski definition) is 3. The molecule has 5 nitrogen and oxygen atoms in total. The van der Waals surface area contributed by atoms with Crippen LogP contribution in [-0.4, -0.2) is 24.0 Å². The predicted molar refractivity (Wildman–Crippen MR) is 57.9 cm³/mol. The minimum absolute atomic E-state index is 0.00984. The number of nitrogens with zero attached hydrogens (tertiary/aromatic N) is 1. The fourth-order valence-corrected chi connectivity index (χ4v) is 1.21. The molecule has 0 saturated carbocycles. The lowest BCUT2D eigenvalue weighted by Crippen LogP contribution is -2.29. The minimum atomic E-state index is -0.167. The summed E-state index contributed by atoms with van der Waals surface area (Å²) >= 11 is 0. The summed E-state index contributed by atoms with van der Waals surface area (Å²) < 4.78 is 0. The Morgan fingerprint density at radius 2 is 2.07 bits per heavy atom. The summed E-state index contributed by atoms with van der Waals surface area (Å²) in [4.78, 5) is 15.0. The summed E-state index contributed by atoms with van der Waals surface area (Å²) in [7, 11) is 0. The first-order valence-corrected chi connectivity index (χ1v) is 4.86. The molecule has 1 aromatic rings. The Hall–Kier alpha value is -1.46. The van der Waals surface area contributed by atoms with Crippen LogP contribution in [0.1, 0.15) is 11.1 Å². The molecule has 5 N–H and O–H groups in total. The van der Waals surface area contributed by atoms with Crippen molar-refractivity contribution in [2.24, 2.45) is 11.5 Å². The first-order valence-electron chi connectivity index (χ1n) is 4.86. The summed E-state index contributed by atoms with van der Waals surface area (Å²) in [6.45, 7) is 1.07. The number of amides is 1. The first kappa shape index (κ1) is 11.6. The molecule has 82 valence electrons. The third kappa shape index (κ3) is 4.05. The highest BCUT2D eigenvalue weighted by molar-refractivity contribution is 5.77. The molecule has 0 aliphatic rings. The molecule has 1 heterocycles. The average Bonchev–Trinajstić information content (AvgIpc) is 2.27. The molecule has 1 rings (SSSR count). The van der Waals surface area contributed by atoms with Crippen molar-refractivity contribution in [2.75, 3.05) is 13.1 Å². The van der Waals surface area contributed by atoms with Gasteiger partial charge in [0.1, 0.15) is 0 Å². The van der Waals surface area contributed by atoms with Crippen molar-refractivity contribution >= 4 is 5.91 Å². The van der Waals surface area contributed by atoms with Gasteiger partial charge in [0.05, 0.1) is 6.54 Å². The summed E-state index contributed by atoms with van der Waals surface area (Å²) in [5, 5.41) is 2.68. The van der Waals surface area contributed by atoms with Crippen molar-refractivity contribution in [3.05, 3.63) is 29.6 Å². The SMILES string of the molecule is NCCc1cncc(CNC(=O)CN)c1. The maximum absolute atomic E-state index is 10.9. The van der Waals surface area contributed by atoms with Crippen LogP contribution in [0.25, 0.3) is 0 Å². The zero-order chi connectivity index (χ0) is 11.1. The van der Waals surface area contributed by atoms with Crippen LogP contribution in [0, 0.1) is 0 Å². The van der Waals surface area contributed by atoms with Crippen molar-refractivity contribution in [1.29, 1.82) is 0 Å². The number of carbonyl (C=O) groups is 1. The monoisotopic (exact) mass is 208 g/mol. The summed E-state index contributed by atoms with van der Waals surface area (Å²) in [6.07, 6.45) is 4.30. The van der Waals surface area contributed by atoms with Gasteiger partial charge < -0.3 is 16.8 Å². The third-order valence-electron chi connectivity index (χ3n) is 1.96. The second kappa shape index (κ2) is 6.10. The van der Waals surface area contributed by atoms with E-state index in [9.17, 15) is 4.79 Å². The molecule has 15 heavy (non-hydrogen) atoms. The molecule has 1 amide bonds. The van der Waals surface area contributed by atoms with E-state index in [0.717, 1.165) is 17.5 Å². The topological polar surface area (TPSA) is 94.0 Å². The average molecular weight is 208 g/mol. The highest BCUT2D eigenvalue weighted by Gasteiger charge is 1.99. The predicted octanol–water partition coefficient (Wildman–Crippen LogP) is -0.842. The lowest BCUT2D eigenvalue weighted by molar-refractivity contribution is -0.119. The number of aromatic nitrogens is 1. The van der Waals surface area contributed by atoms with E-state index < -0.39 is 0 Å². The number of nitrogens with two attached hydrogens (primary N) is 2. The fourth-order valence-electron chi connectivity index (χ4n) is 1.21. The Kier molecular flexibility index (Phi) is 4.73. The Bertz CT molecular complexity index is 327. The molecule has 0 fully saturated rings. The van der Waals surface area contributed by atoms with E-state index in [0.29, 0.717) is 13.1 Å². The molecule has 0 aliphatic carbocycles. The molecule has 0 bridgehead atoms.